The van der Waals surface area contributed by atoms with Crippen LogP contribution in [-0.2, 0) is 13.1 Å². The first-order valence-electron chi connectivity index (χ1n) is 5.50. The van der Waals surface area contributed by atoms with Gasteiger partial charge in [0.1, 0.15) is 0 Å². The van der Waals surface area contributed by atoms with Crippen LogP contribution < -0.4 is 15.8 Å². The Kier molecular flexibility index (Phi) is 2.61. The van der Waals surface area contributed by atoms with Gasteiger partial charge in [0.25, 0.3) is 5.56 Å². The molecule has 16 heavy (non-hydrogen) atoms. The number of hydrogen-bond acceptors (Lipinski definition) is 5. The molecule has 0 amide bonds. The van der Waals surface area contributed by atoms with Crippen molar-refractivity contribution in [1.82, 2.24) is 15.3 Å². The Morgan fingerprint density at radius 1 is 1.25 bits per heavy atom. The van der Waals surface area contributed by atoms with Gasteiger partial charge in [-0.15, -0.1) is 0 Å². The molecule has 3 rings (SSSR count). The van der Waals surface area contributed by atoms with Crippen LogP contribution in [0.1, 0.15) is 11.3 Å². The molecule has 0 aromatic carbocycles. The van der Waals surface area contributed by atoms with Crippen LogP contribution in [0.25, 0.3) is 0 Å². The Morgan fingerprint density at radius 2 is 2.06 bits per heavy atom. The van der Waals surface area contributed by atoms with Gasteiger partial charge in [0.2, 0.25) is 5.95 Å². The zero-order valence-corrected chi connectivity index (χ0v) is 9.77. The number of aromatic amines is 1. The predicted molar refractivity (Wildman–Crippen MR) is 64.9 cm³/mol. The third-order valence-corrected chi connectivity index (χ3v) is 3.94. The van der Waals surface area contributed by atoms with Gasteiger partial charge in [-0.2, -0.15) is 11.8 Å². The number of hydrogen-bond donors (Lipinski definition) is 2. The number of aromatic nitrogens is 2. The molecule has 0 radical (unpaired) electrons. The van der Waals surface area contributed by atoms with Crippen LogP contribution in [0.5, 0.6) is 0 Å². The van der Waals surface area contributed by atoms with Gasteiger partial charge in [0.15, 0.2) is 0 Å². The van der Waals surface area contributed by atoms with Crippen molar-refractivity contribution in [3.05, 3.63) is 21.6 Å². The van der Waals surface area contributed by atoms with Crippen molar-refractivity contribution >= 4 is 17.7 Å². The first-order valence-corrected chi connectivity index (χ1v) is 6.65. The molecule has 0 aliphatic carbocycles. The average Bonchev–Trinajstić information content (AvgIpc) is 2.79. The summed E-state index contributed by atoms with van der Waals surface area (Å²) in [6.07, 6.45) is 0. The number of thioether (sulfide) groups is 1. The molecule has 0 saturated carbocycles. The lowest BCUT2D eigenvalue weighted by Crippen LogP contribution is -2.35. The van der Waals surface area contributed by atoms with Gasteiger partial charge in [-0.05, 0) is 0 Å². The van der Waals surface area contributed by atoms with E-state index < -0.39 is 0 Å². The van der Waals surface area contributed by atoms with Crippen LogP contribution in [0.2, 0.25) is 0 Å². The lowest BCUT2D eigenvalue weighted by Gasteiger charge is -2.26. The van der Waals surface area contributed by atoms with Crippen molar-refractivity contribution in [3.63, 3.8) is 0 Å². The molecule has 86 valence electrons. The molecule has 0 atom stereocenters. The number of rotatable bonds is 1. The fourth-order valence-electron chi connectivity index (χ4n) is 2.09. The van der Waals surface area contributed by atoms with E-state index in [1.54, 1.807) is 0 Å². The fraction of sp³-hybridized carbons (Fsp3) is 0.600. The lowest BCUT2D eigenvalue weighted by molar-refractivity contribution is 0.754. The van der Waals surface area contributed by atoms with E-state index in [1.807, 2.05) is 11.8 Å². The number of nitrogens with one attached hydrogen (secondary N) is 2. The monoisotopic (exact) mass is 238 g/mol. The van der Waals surface area contributed by atoms with E-state index in [0.29, 0.717) is 6.54 Å². The molecule has 1 aromatic heterocycles. The van der Waals surface area contributed by atoms with Crippen LogP contribution in [0.4, 0.5) is 5.95 Å². The van der Waals surface area contributed by atoms with Crippen LogP contribution in [0.3, 0.4) is 0 Å². The van der Waals surface area contributed by atoms with Gasteiger partial charge in [-0.1, -0.05) is 0 Å². The summed E-state index contributed by atoms with van der Waals surface area (Å²) in [5.74, 6) is 2.96. The van der Waals surface area contributed by atoms with Crippen LogP contribution >= 0.6 is 11.8 Å². The van der Waals surface area contributed by atoms with Crippen molar-refractivity contribution in [2.24, 2.45) is 0 Å². The van der Waals surface area contributed by atoms with Crippen LogP contribution in [-0.4, -0.2) is 34.6 Å². The highest BCUT2D eigenvalue weighted by molar-refractivity contribution is 7.99. The van der Waals surface area contributed by atoms with Crippen molar-refractivity contribution < 1.29 is 0 Å². The maximum atomic E-state index is 11.8. The van der Waals surface area contributed by atoms with Crippen LogP contribution in [0, 0.1) is 0 Å². The largest absolute Gasteiger partial charge is 0.341 e. The molecular formula is C10H14N4OS. The molecule has 0 bridgehead atoms. The third kappa shape index (κ3) is 1.72. The second-order valence-corrected chi connectivity index (χ2v) is 5.24. The van der Waals surface area contributed by atoms with Crippen molar-refractivity contribution in [3.8, 4) is 0 Å². The number of nitrogens with zero attached hydrogens (tertiary/aromatic N) is 2. The highest BCUT2D eigenvalue weighted by Gasteiger charge is 2.20. The van der Waals surface area contributed by atoms with Gasteiger partial charge >= 0.3 is 0 Å². The molecule has 3 heterocycles. The van der Waals surface area contributed by atoms with E-state index in [1.165, 1.54) is 0 Å². The molecule has 2 aliphatic heterocycles. The summed E-state index contributed by atoms with van der Waals surface area (Å²) < 4.78 is 0. The first kappa shape index (κ1) is 10.2. The molecule has 2 N–H and O–H groups in total. The summed E-state index contributed by atoms with van der Waals surface area (Å²) >= 11 is 1.95. The molecule has 5 nitrogen and oxygen atoms in total. The molecule has 1 saturated heterocycles. The minimum absolute atomic E-state index is 0.0169. The Morgan fingerprint density at radius 3 is 2.88 bits per heavy atom. The topological polar surface area (TPSA) is 61.0 Å². The van der Waals surface area contributed by atoms with Gasteiger partial charge < -0.3 is 10.2 Å². The molecule has 1 aromatic rings. The smallest absolute Gasteiger partial charge is 0.257 e. The highest BCUT2D eigenvalue weighted by atomic mass is 32.2. The van der Waals surface area contributed by atoms with E-state index in [4.69, 9.17) is 0 Å². The average molecular weight is 238 g/mol. The highest BCUT2D eigenvalue weighted by Crippen LogP contribution is 2.16. The standard InChI is InChI=1S/C10H14N4OS/c15-9-7-5-11-6-8(7)12-10(13-9)14-1-3-16-4-2-14/h11H,1-6H2,(H,12,13,15). The summed E-state index contributed by atoms with van der Waals surface area (Å²) in [6, 6.07) is 0. The molecule has 0 spiro atoms. The van der Waals surface area contributed by atoms with Crippen molar-refractivity contribution in [2.45, 2.75) is 13.1 Å². The SMILES string of the molecule is O=c1[nH]c(N2CCSCC2)nc2c1CNC2. The summed E-state index contributed by atoms with van der Waals surface area (Å²) in [6.45, 7) is 3.31. The maximum Gasteiger partial charge on any atom is 0.257 e. The fourth-order valence-corrected chi connectivity index (χ4v) is 2.99. The second-order valence-electron chi connectivity index (χ2n) is 4.02. The van der Waals surface area contributed by atoms with E-state index in [-0.39, 0.29) is 5.56 Å². The van der Waals surface area contributed by atoms with E-state index in [9.17, 15) is 4.79 Å². The maximum absolute atomic E-state index is 11.8. The summed E-state index contributed by atoms with van der Waals surface area (Å²) in [7, 11) is 0. The van der Waals surface area contributed by atoms with Gasteiger partial charge in [0.05, 0.1) is 11.3 Å². The van der Waals surface area contributed by atoms with Crippen molar-refractivity contribution in [2.75, 3.05) is 29.5 Å². The third-order valence-electron chi connectivity index (χ3n) is 2.99. The number of H-pyrrole nitrogens is 1. The molecule has 2 aliphatic rings. The first-order chi connectivity index (χ1) is 7.84. The molecule has 6 heteroatoms. The van der Waals surface area contributed by atoms with Crippen LogP contribution in [0.15, 0.2) is 4.79 Å². The zero-order chi connectivity index (χ0) is 11.0. The second kappa shape index (κ2) is 4.10. The molecule has 1 fully saturated rings. The predicted octanol–water partition coefficient (Wildman–Crippen LogP) is -0.0737. The Bertz CT molecular complexity index is 453. The summed E-state index contributed by atoms with van der Waals surface area (Å²) in [5, 5.41) is 3.15. The molecule has 0 unspecified atom stereocenters. The van der Waals surface area contributed by atoms with E-state index in [2.05, 4.69) is 20.2 Å². The number of anilines is 1. The minimum Gasteiger partial charge on any atom is -0.341 e. The van der Waals surface area contributed by atoms with E-state index >= 15 is 0 Å². The summed E-state index contributed by atoms with van der Waals surface area (Å²) in [4.78, 5) is 21.4. The van der Waals surface area contributed by atoms with Gasteiger partial charge in [-0.25, -0.2) is 4.98 Å². The van der Waals surface area contributed by atoms with E-state index in [0.717, 1.165) is 48.3 Å². The Labute approximate surface area is 97.6 Å². The van der Waals surface area contributed by atoms with Gasteiger partial charge in [0, 0.05) is 37.7 Å². The number of fused-ring (bicyclic) bond motifs is 1. The zero-order valence-electron chi connectivity index (χ0n) is 8.95. The van der Waals surface area contributed by atoms with Crippen molar-refractivity contribution in [1.29, 1.82) is 0 Å². The Balaban J connectivity index is 1.96. The summed E-state index contributed by atoms with van der Waals surface area (Å²) in [5.41, 5.74) is 1.73. The Hall–Kier alpha value is -1.01. The normalized spacial score (nSPS) is 19.9. The lowest BCUT2D eigenvalue weighted by atomic mass is 10.3. The molecular weight excluding hydrogens is 224 g/mol. The minimum atomic E-state index is 0.0169. The quantitative estimate of drug-likeness (QED) is 0.717. The van der Waals surface area contributed by atoms with Gasteiger partial charge in [-0.3, -0.25) is 9.78 Å².